The van der Waals surface area contributed by atoms with E-state index >= 15 is 0 Å². The molecule has 3 nitrogen and oxygen atoms in total. The molecular formula is C14H20N2O. The van der Waals surface area contributed by atoms with Crippen molar-refractivity contribution in [2.24, 2.45) is 0 Å². The zero-order valence-corrected chi connectivity index (χ0v) is 10.6. The highest BCUT2D eigenvalue weighted by Crippen LogP contribution is 2.32. The van der Waals surface area contributed by atoms with Crippen molar-refractivity contribution in [2.75, 3.05) is 38.1 Å². The third-order valence-corrected chi connectivity index (χ3v) is 3.75. The highest BCUT2D eigenvalue weighted by atomic mass is 16.5. The molecule has 0 N–H and O–H groups in total. The van der Waals surface area contributed by atoms with Gasteiger partial charge in [0.05, 0.1) is 0 Å². The monoisotopic (exact) mass is 232 g/mol. The summed E-state index contributed by atoms with van der Waals surface area (Å²) in [6.45, 7) is 6.66. The molecule has 0 aliphatic carbocycles. The molecular weight excluding hydrogens is 212 g/mol. The Morgan fingerprint density at radius 2 is 1.94 bits per heavy atom. The van der Waals surface area contributed by atoms with Gasteiger partial charge in [0, 0.05) is 44.4 Å². The first-order valence-corrected chi connectivity index (χ1v) is 6.45. The lowest BCUT2D eigenvalue weighted by Gasteiger charge is -2.34. The van der Waals surface area contributed by atoms with Gasteiger partial charge in [-0.25, -0.2) is 0 Å². The molecule has 0 aromatic heterocycles. The second-order valence-corrected chi connectivity index (χ2v) is 5.21. The number of likely N-dealkylation sites (N-methyl/N-ethyl adjacent to an activating group) is 1. The molecule has 1 unspecified atom stereocenters. The van der Waals surface area contributed by atoms with E-state index in [2.05, 4.69) is 42.0 Å². The van der Waals surface area contributed by atoms with Gasteiger partial charge in [0.1, 0.15) is 11.9 Å². The van der Waals surface area contributed by atoms with E-state index in [1.165, 1.54) is 11.3 Å². The smallest absolute Gasteiger partial charge is 0.125 e. The van der Waals surface area contributed by atoms with E-state index in [0.29, 0.717) is 6.10 Å². The van der Waals surface area contributed by atoms with Gasteiger partial charge in [0.2, 0.25) is 0 Å². The molecule has 1 fully saturated rings. The molecule has 1 saturated heterocycles. The van der Waals surface area contributed by atoms with Crippen molar-refractivity contribution in [1.29, 1.82) is 0 Å². The Morgan fingerprint density at radius 3 is 2.71 bits per heavy atom. The summed E-state index contributed by atoms with van der Waals surface area (Å²) in [5.74, 6) is 1.09. The first-order chi connectivity index (χ1) is 8.22. The summed E-state index contributed by atoms with van der Waals surface area (Å²) in [6.07, 6.45) is 1.39. The van der Waals surface area contributed by atoms with Crippen LogP contribution in [0, 0.1) is 0 Å². The molecule has 1 aromatic rings. The summed E-state index contributed by atoms with van der Waals surface area (Å²) < 4.78 is 5.82. The van der Waals surface area contributed by atoms with Crippen molar-refractivity contribution in [3.05, 3.63) is 23.8 Å². The standard InChI is InChI=1S/C14H20N2O/c1-11-9-12-3-4-13(10-14(12)17-11)16-7-5-15(2)6-8-16/h3-4,10-11H,5-9H2,1-2H3. The van der Waals surface area contributed by atoms with Gasteiger partial charge in [-0.05, 0) is 25.6 Å². The van der Waals surface area contributed by atoms with Gasteiger partial charge in [-0.3, -0.25) is 0 Å². The molecule has 0 bridgehead atoms. The highest BCUT2D eigenvalue weighted by molar-refractivity contribution is 5.55. The van der Waals surface area contributed by atoms with Crippen LogP contribution in [-0.4, -0.2) is 44.2 Å². The minimum atomic E-state index is 0.340. The second-order valence-electron chi connectivity index (χ2n) is 5.21. The number of hydrogen-bond donors (Lipinski definition) is 0. The summed E-state index contributed by atoms with van der Waals surface area (Å²) in [4.78, 5) is 4.83. The van der Waals surface area contributed by atoms with Gasteiger partial charge in [0.25, 0.3) is 0 Å². The SMILES string of the molecule is CC1Cc2ccc(N3CCN(C)CC3)cc2O1. The van der Waals surface area contributed by atoms with Gasteiger partial charge in [-0.1, -0.05) is 6.07 Å². The van der Waals surface area contributed by atoms with Gasteiger partial charge in [-0.15, -0.1) is 0 Å². The number of nitrogens with zero attached hydrogens (tertiary/aromatic N) is 2. The summed E-state index contributed by atoms with van der Waals surface area (Å²) in [6, 6.07) is 6.68. The van der Waals surface area contributed by atoms with Gasteiger partial charge >= 0.3 is 0 Å². The molecule has 1 atom stereocenters. The van der Waals surface area contributed by atoms with Crippen molar-refractivity contribution >= 4 is 5.69 Å². The van der Waals surface area contributed by atoms with Crippen LogP contribution >= 0.6 is 0 Å². The van der Waals surface area contributed by atoms with E-state index in [9.17, 15) is 0 Å². The van der Waals surface area contributed by atoms with Gasteiger partial charge in [-0.2, -0.15) is 0 Å². The lowest BCUT2D eigenvalue weighted by atomic mass is 10.1. The molecule has 17 heavy (non-hydrogen) atoms. The van der Waals surface area contributed by atoms with Crippen LogP contribution in [0.25, 0.3) is 0 Å². The Labute approximate surface area is 103 Å². The van der Waals surface area contributed by atoms with E-state index < -0.39 is 0 Å². The predicted molar refractivity (Wildman–Crippen MR) is 69.9 cm³/mol. The van der Waals surface area contributed by atoms with Crippen LogP contribution in [0.1, 0.15) is 12.5 Å². The van der Waals surface area contributed by atoms with Crippen LogP contribution in [0.5, 0.6) is 5.75 Å². The maximum Gasteiger partial charge on any atom is 0.125 e. The molecule has 2 aliphatic heterocycles. The average molecular weight is 232 g/mol. The zero-order chi connectivity index (χ0) is 11.8. The van der Waals surface area contributed by atoms with Crippen LogP contribution in [0.2, 0.25) is 0 Å². The zero-order valence-electron chi connectivity index (χ0n) is 10.6. The number of fused-ring (bicyclic) bond motifs is 1. The second kappa shape index (κ2) is 4.22. The lowest BCUT2D eigenvalue weighted by molar-refractivity contribution is 0.254. The van der Waals surface area contributed by atoms with E-state index in [1.54, 1.807) is 0 Å². The summed E-state index contributed by atoms with van der Waals surface area (Å²) in [5, 5.41) is 0. The van der Waals surface area contributed by atoms with Crippen LogP contribution in [0.15, 0.2) is 18.2 Å². The molecule has 2 heterocycles. The topological polar surface area (TPSA) is 15.7 Å². The highest BCUT2D eigenvalue weighted by Gasteiger charge is 2.21. The Bertz CT molecular complexity index is 411. The van der Waals surface area contributed by atoms with E-state index in [0.717, 1.165) is 38.3 Å². The van der Waals surface area contributed by atoms with Crippen molar-refractivity contribution in [2.45, 2.75) is 19.4 Å². The first-order valence-electron chi connectivity index (χ1n) is 6.45. The normalized spacial score (nSPS) is 24.6. The molecule has 2 aliphatic rings. The van der Waals surface area contributed by atoms with Crippen molar-refractivity contribution < 1.29 is 4.74 Å². The molecule has 3 rings (SSSR count). The van der Waals surface area contributed by atoms with E-state index in [-0.39, 0.29) is 0 Å². The van der Waals surface area contributed by atoms with Crippen LogP contribution in [-0.2, 0) is 6.42 Å². The molecule has 0 spiro atoms. The Balaban J connectivity index is 1.78. The van der Waals surface area contributed by atoms with Crippen molar-refractivity contribution in [1.82, 2.24) is 4.90 Å². The number of hydrogen-bond acceptors (Lipinski definition) is 3. The average Bonchev–Trinajstić information content (AvgIpc) is 2.69. The van der Waals surface area contributed by atoms with Crippen LogP contribution < -0.4 is 9.64 Å². The fourth-order valence-corrected chi connectivity index (χ4v) is 2.65. The van der Waals surface area contributed by atoms with E-state index in [1.807, 2.05) is 0 Å². The van der Waals surface area contributed by atoms with Gasteiger partial charge in [0.15, 0.2) is 0 Å². The maximum atomic E-state index is 5.82. The molecule has 0 amide bonds. The summed E-state index contributed by atoms with van der Waals surface area (Å²) in [7, 11) is 2.19. The largest absolute Gasteiger partial charge is 0.490 e. The van der Waals surface area contributed by atoms with Crippen molar-refractivity contribution in [3.63, 3.8) is 0 Å². The third kappa shape index (κ3) is 2.12. The number of benzene rings is 1. The van der Waals surface area contributed by atoms with Gasteiger partial charge < -0.3 is 14.5 Å². The Morgan fingerprint density at radius 1 is 1.18 bits per heavy atom. The molecule has 0 radical (unpaired) electrons. The number of ether oxygens (including phenoxy) is 1. The predicted octanol–water partition coefficient (Wildman–Crippen LogP) is 1.76. The first kappa shape index (κ1) is 10.9. The Kier molecular flexibility index (Phi) is 2.71. The fraction of sp³-hybridized carbons (Fsp3) is 0.571. The molecule has 3 heteroatoms. The third-order valence-electron chi connectivity index (χ3n) is 3.75. The minimum absolute atomic E-state index is 0.340. The minimum Gasteiger partial charge on any atom is -0.490 e. The fourth-order valence-electron chi connectivity index (χ4n) is 2.65. The molecule has 1 aromatic carbocycles. The number of piperazine rings is 1. The quantitative estimate of drug-likeness (QED) is 0.734. The number of anilines is 1. The lowest BCUT2D eigenvalue weighted by Crippen LogP contribution is -2.44. The van der Waals surface area contributed by atoms with Crippen LogP contribution in [0.4, 0.5) is 5.69 Å². The van der Waals surface area contributed by atoms with Crippen molar-refractivity contribution in [3.8, 4) is 5.75 Å². The van der Waals surface area contributed by atoms with Crippen LogP contribution in [0.3, 0.4) is 0 Å². The number of rotatable bonds is 1. The Hall–Kier alpha value is -1.22. The summed E-state index contributed by atoms with van der Waals surface area (Å²) >= 11 is 0. The van der Waals surface area contributed by atoms with E-state index in [4.69, 9.17) is 4.74 Å². The molecule has 92 valence electrons. The summed E-state index contributed by atoms with van der Waals surface area (Å²) in [5.41, 5.74) is 2.67. The maximum absolute atomic E-state index is 5.82. The molecule has 0 saturated carbocycles.